The molecule has 0 spiro atoms. The van der Waals surface area contributed by atoms with Crippen LogP contribution in [0.1, 0.15) is 75.3 Å². The Balaban J connectivity index is 1.79. The monoisotopic (exact) mass is 463 g/mol. The van der Waals surface area contributed by atoms with Gasteiger partial charge in [0.25, 0.3) is 5.91 Å². The standard InChI is InChI=1S/C28H41N5O/c1-6-8-12-16-33(17-13-9-7-2)20-21(3)30-28(34)24-18-27(25-19-29-32(5)22(25)4)31-26-15-11-10-14-23(24)26/h10-11,14-15,18-19,21H,6-9,12-13,16-17,20H2,1-5H3,(H,30,34). The highest BCUT2D eigenvalue weighted by molar-refractivity contribution is 6.07. The maximum Gasteiger partial charge on any atom is 0.252 e. The van der Waals surface area contributed by atoms with Crippen molar-refractivity contribution in [3.8, 4) is 11.3 Å². The fraction of sp³-hybridized carbons (Fsp3) is 0.536. The van der Waals surface area contributed by atoms with Crippen molar-refractivity contribution in [1.82, 2.24) is 25.0 Å². The second-order valence-corrected chi connectivity index (χ2v) is 9.43. The molecule has 0 bridgehead atoms. The second-order valence-electron chi connectivity index (χ2n) is 9.43. The highest BCUT2D eigenvalue weighted by Crippen LogP contribution is 2.26. The molecular weight excluding hydrogens is 422 g/mol. The summed E-state index contributed by atoms with van der Waals surface area (Å²) in [6.45, 7) is 11.7. The van der Waals surface area contributed by atoms with E-state index in [0.29, 0.717) is 5.56 Å². The van der Waals surface area contributed by atoms with E-state index in [2.05, 4.69) is 36.1 Å². The molecular formula is C28H41N5O. The zero-order chi connectivity index (χ0) is 24.5. The van der Waals surface area contributed by atoms with Crippen molar-refractivity contribution in [2.45, 2.75) is 72.3 Å². The Bertz CT molecular complexity index is 1060. The number of amides is 1. The largest absolute Gasteiger partial charge is 0.348 e. The van der Waals surface area contributed by atoms with Crippen molar-refractivity contribution < 1.29 is 4.79 Å². The van der Waals surface area contributed by atoms with Gasteiger partial charge in [-0.1, -0.05) is 57.7 Å². The fourth-order valence-corrected chi connectivity index (χ4v) is 4.45. The number of hydrogen-bond acceptors (Lipinski definition) is 4. The lowest BCUT2D eigenvalue weighted by atomic mass is 10.0. The third-order valence-electron chi connectivity index (χ3n) is 6.54. The van der Waals surface area contributed by atoms with E-state index in [-0.39, 0.29) is 11.9 Å². The van der Waals surface area contributed by atoms with Crippen LogP contribution >= 0.6 is 0 Å². The van der Waals surface area contributed by atoms with Gasteiger partial charge in [-0.3, -0.25) is 9.48 Å². The molecule has 1 N–H and O–H groups in total. The number of unbranched alkanes of at least 4 members (excludes halogenated alkanes) is 4. The molecule has 0 saturated heterocycles. The summed E-state index contributed by atoms with van der Waals surface area (Å²) in [7, 11) is 1.92. The highest BCUT2D eigenvalue weighted by Gasteiger charge is 2.19. The van der Waals surface area contributed by atoms with Gasteiger partial charge in [-0.25, -0.2) is 4.98 Å². The summed E-state index contributed by atoms with van der Waals surface area (Å²) < 4.78 is 1.83. The predicted molar refractivity (Wildman–Crippen MR) is 141 cm³/mol. The number of carbonyl (C=O) groups is 1. The van der Waals surface area contributed by atoms with E-state index >= 15 is 0 Å². The minimum Gasteiger partial charge on any atom is -0.348 e. The van der Waals surface area contributed by atoms with E-state index < -0.39 is 0 Å². The molecule has 0 fully saturated rings. The van der Waals surface area contributed by atoms with Gasteiger partial charge in [0.1, 0.15) is 0 Å². The summed E-state index contributed by atoms with van der Waals surface area (Å²) in [4.78, 5) is 20.8. The van der Waals surface area contributed by atoms with E-state index in [9.17, 15) is 4.79 Å². The molecule has 34 heavy (non-hydrogen) atoms. The molecule has 2 aromatic heterocycles. The number of benzene rings is 1. The Hall–Kier alpha value is -2.73. The first kappa shape index (κ1) is 25.9. The first-order chi connectivity index (χ1) is 16.4. The van der Waals surface area contributed by atoms with Crippen LogP contribution in [-0.2, 0) is 7.05 Å². The molecule has 0 radical (unpaired) electrons. The molecule has 1 atom stereocenters. The molecule has 1 amide bonds. The normalized spacial score (nSPS) is 12.4. The van der Waals surface area contributed by atoms with E-state index in [1.54, 1.807) is 0 Å². The lowest BCUT2D eigenvalue weighted by Gasteiger charge is -2.26. The van der Waals surface area contributed by atoms with Gasteiger partial charge in [-0.2, -0.15) is 5.10 Å². The summed E-state index contributed by atoms with van der Waals surface area (Å²) in [6, 6.07) is 9.84. The van der Waals surface area contributed by atoms with Gasteiger partial charge < -0.3 is 10.2 Å². The Morgan fingerprint density at radius 1 is 1.09 bits per heavy atom. The minimum absolute atomic E-state index is 0.0454. The van der Waals surface area contributed by atoms with Gasteiger partial charge in [-0.05, 0) is 51.9 Å². The average Bonchev–Trinajstić information content (AvgIpc) is 3.16. The van der Waals surface area contributed by atoms with Crippen LogP contribution in [0.5, 0.6) is 0 Å². The number of nitrogens with one attached hydrogen (secondary N) is 1. The van der Waals surface area contributed by atoms with Gasteiger partial charge in [0.05, 0.1) is 23.0 Å². The minimum atomic E-state index is -0.0454. The number of rotatable bonds is 13. The van der Waals surface area contributed by atoms with Crippen molar-refractivity contribution in [2.24, 2.45) is 7.05 Å². The third-order valence-corrected chi connectivity index (χ3v) is 6.54. The number of aryl methyl sites for hydroxylation is 1. The molecule has 0 aliphatic heterocycles. The molecule has 6 nitrogen and oxygen atoms in total. The Kier molecular flexibility index (Phi) is 9.63. The number of fused-ring (bicyclic) bond motifs is 1. The molecule has 3 aromatic rings. The third kappa shape index (κ3) is 6.66. The zero-order valence-electron chi connectivity index (χ0n) is 21.6. The Morgan fingerprint density at radius 3 is 2.38 bits per heavy atom. The molecule has 0 aliphatic carbocycles. The molecule has 0 aliphatic rings. The van der Waals surface area contributed by atoms with Gasteiger partial charge in [0.2, 0.25) is 0 Å². The summed E-state index contributed by atoms with van der Waals surface area (Å²) >= 11 is 0. The van der Waals surface area contributed by atoms with Crippen molar-refractivity contribution in [3.05, 3.63) is 47.8 Å². The maximum atomic E-state index is 13.5. The quantitative estimate of drug-likeness (QED) is 0.328. The first-order valence-electron chi connectivity index (χ1n) is 12.9. The zero-order valence-corrected chi connectivity index (χ0v) is 21.6. The molecule has 2 heterocycles. The van der Waals surface area contributed by atoms with Crippen LogP contribution in [0.2, 0.25) is 0 Å². The summed E-state index contributed by atoms with van der Waals surface area (Å²) in [6.07, 6.45) is 9.21. The second kappa shape index (κ2) is 12.7. The molecule has 1 unspecified atom stereocenters. The summed E-state index contributed by atoms with van der Waals surface area (Å²) in [5.41, 5.74) is 4.24. The van der Waals surface area contributed by atoms with Gasteiger partial charge in [-0.15, -0.1) is 0 Å². The van der Waals surface area contributed by atoms with Crippen LogP contribution in [0.3, 0.4) is 0 Å². The van der Waals surface area contributed by atoms with Crippen LogP contribution in [0.4, 0.5) is 0 Å². The number of aromatic nitrogens is 3. The van der Waals surface area contributed by atoms with Crippen LogP contribution in [0, 0.1) is 6.92 Å². The van der Waals surface area contributed by atoms with Crippen molar-refractivity contribution >= 4 is 16.8 Å². The number of hydrogen-bond donors (Lipinski definition) is 1. The molecule has 0 saturated carbocycles. The molecule has 3 rings (SSSR count). The van der Waals surface area contributed by atoms with Gasteiger partial charge in [0.15, 0.2) is 0 Å². The van der Waals surface area contributed by atoms with E-state index in [4.69, 9.17) is 4.98 Å². The fourth-order valence-electron chi connectivity index (χ4n) is 4.45. The number of carbonyl (C=O) groups excluding carboxylic acids is 1. The number of pyridine rings is 1. The van der Waals surface area contributed by atoms with E-state index in [1.165, 1.54) is 38.5 Å². The Morgan fingerprint density at radius 2 is 1.76 bits per heavy atom. The van der Waals surface area contributed by atoms with Crippen molar-refractivity contribution in [3.63, 3.8) is 0 Å². The maximum absolute atomic E-state index is 13.5. The lowest BCUT2D eigenvalue weighted by molar-refractivity contribution is 0.0930. The number of para-hydroxylation sites is 1. The summed E-state index contributed by atoms with van der Waals surface area (Å²) in [5.74, 6) is -0.0454. The lowest BCUT2D eigenvalue weighted by Crippen LogP contribution is -2.42. The van der Waals surface area contributed by atoms with Gasteiger partial charge >= 0.3 is 0 Å². The molecule has 1 aromatic carbocycles. The van der Waals surface area contributed by atoms with Gasteiger partial charge in [0, 0.05) is 36.3 Å². The topological polar surface area (TPSA) is 63.1 Å². The number of nitrogens with zero attached hydrogens (tertiary/aromatic N) is 4. The van der Waals surface area contributed by atoms with Crippen molar-refractivity contribution in [2.75, 3.05) is 19.6 Å². The van der Waals surface area contributed by atoms with Crippen molar-refractivity contribution in [1.29, 1.82) is 0 Å². The van der Waals surface area contributed by atoms with E-state index in [0.717, 1.165) is 47.5 Å². The van der Waals surface area contributed by atoms with Crippen LogP contribution < -0.4 is 5.32 Å². The van der Waals surface area contributed by atoms with E-state index in [1.807, 2.05) is 55.2 Å². The average molecular weight is 464 g/mol. The van der Waals surface area contributed by atoms with Crippen LogP contribution in [0.25, 0.3) is 22.2 Å². The highest BCUT2D eigenvalue weighted by atomic mass is 16.1. The predicted octanol–water partition coefficient (Wildman–Crippen LogP) is 5.74. The summed E-state index contributed by atoms with van der Waals surface area (Å²) in [5, 5.41) is 8.50. The molecule has 6 heteroatoms. The van der Waals surface area contributed by atoms with Crippen LogP contribution in [-0.4, -0.2) is 51.2 Å². The first-order valence-corrected chi connectivity index (χ1v) is 12.9. The van der Waals surface area contributed by atoms with Crippen LogP contribution in [0.15, 0.2) is 36.5 Å². The Labute approximate surface area is 204 Å². The SMILES string of the molecule is CCCCCN(CCCCC)CC(C)NC(=O)c1cc(-c2cnn(C)c2C)nc2ccccc12. The smallest absolute Gasteiger partial charge is 0.252 e. The molecule has 184 valence electrons.